The summed E-state index contributed by atoms with van der Waals surface area (Å²) in [5.41, 5.74) is 1.22. The molecule has 1 saturated heterocycles. The summed E-state index contributed by atoms with van der Waals surface area (Å²) in [6, 6.07) is 11.9. The molecular weight excluding hydrogens is 304 g/mol. The van der Waals surface area contributed by atoms with Crippen LogP contribution in [-0.4, -0.2) is 46.6 Å². The van der Waals surface area contributed by atoms with E-state index in [-0.39, 0.29) is 12.1 Å². The van der Waals surface area contributed by atoms with Gasteiger partial charge in [-0.1, -0.05) is 30.3 Å². The summed E-state index contributed by atoms with van der Waals surface area (Å²) in [4.78, 5) is 22.1. The second-order valence-corrected chi connectivity index (χ2v) is 5.84. The molecular formula is C18H22N4O2. The molecule has 1 N–H and O–H groups in total. The third-order valence-electron chi connectivity index (χ3n) is 4.04. The maximum absolute atomic E-state index is 12.3. The number of carbonyl (C=O) groups excluding carboxylic acids is 1. The molecule has 0 aliphatic carbocycles. The van der Waals surface area contributed by atoms with Crippen molar-refractivity contribution in [3.05, 3.63) is 54.5 Å². The highest BCUT2D eigenvalue weighted by Crippen LogP contribution is 2.16. The van der Waals surface area contributed by atoms with E-state index in [1.54, 1.807) is 12.3 Å². The third-order valence-corrected chi connectivity index (χ3v) is 4.04. The lowest BCUT2D eigenvalue weighted by molar-refractivity contribution is 0.0978. The zero-order chi connectivity index (χ0) is 16.6. The standard InChI is InChI=1S/C18H22N4O2/c23-18(20-11-8-15-5-2-1-3-6-15)22-12-4-7-16(13-22)24-17-9-10-19-14-21-17/h1-3,5-6,9-10,14,16H,4,7-8,11-13H2,(H,20,23). The fraction of sp³-hybridized carbons (Fsp3) is 0.389. The van der Waals surface area contributed by atoms with Crippen molar-refractivity contribution in [2.45, 2.75) is 25.4 Å². The Labute approximate surface area is 141 Å². The molecule has 2 heterocycles. The third kappa shape index (κ3) is 4.68. The van der Waals surface area contributed by atoms with Crippen LogP contribution in [0.4, 0.5) is 4.79 Å². The van der Waals surface area contributed by atoms with E-state index in [4.69, 9.17) is 4.74 Å². The van der Waals surface area contributed by atoms with Gasteiger partial charge < -0.3 is 15.0 Å². The average molecular weight is 326 g/mol. The Morgan fingerprint density at radius 3 is 2.96 bits per heavy atom. The van der Waals surface area contributed by atoms with Crippen LogP contribution in [-0.2, 0) is 6.42 Å². The van der Waals surface area contributed by atoms with E-state index in [0.29, 0.717) is 19.0 Å². The van der Waals surface area contributed by atoms with Crippen LogP contribution in [0.25, 0.3) is 0 Å². The number of piperidine rings is 1. The van der Waals surface area contributed by atoms with Crippen LogP contribution >= 0.6 is 0 Å². The first-order valence-corrected chi connectivity index (χ1v) is 8.30. The molecule has 0 spiro atoms. The lowest BCUT2D eigenvalue weighted by Crippen LogP contribution is -2.49. The van der Waals surface area contributed by atoms with Crippen molar-refractivity contribution in [2.75, 3.05) is 19.6 Å². The highest BCUT2D eigenvalue weighted by molar-refractivity contribution is 5.74. The summed E-state index contributed by atoms with van der Waals surface area (Å²) in [5, 5.41) is 2.99. The van der Waals surface area contributed by atoms with Crippen molar-refractivity contribution in [3.8, 4) is 5.88 Å². The molecule has 2 amide bonds. The van der Waals surface area contributed by atoms with Gasteiger partial charge in [-0.15, -0.1) is 0 Å². The number of ether oxygens (including phenoxy) is 1. The van der Waals surface area contributed by atoms with Gasteiger partial charge in [0, 0.05) is 25.4 Å². The number of rotatable bonds is 5. The normalized spacial score (nSPS) is 17.3. The van der Waals surface area contributed by atoms with Gasteiger partial charge in [0.15, 0.2) is 0 Å². The fourth-order valence-corrected chi connectivity index (χ4v) is 2.81. The van der Waals surface area contributed by atoms with Crippen LogP contribution in [0.2, 0.25) is 0 Å². The molecule has 0 radical (unpaired) electrons. The lowest BCUT2D eigenvalue weighted by Gasteiger charge is -2.32. The van der Waals surface area contributed by atoms with E-state index >= 15 is 0 Å². The van der Waals surface area contributed by atoms with Gasteiger partial charge in [0.2, 0.25) is 5.88 Å². The molecule has 3 rings (SSSR count). The summed E-state index contributed by atoms with van der Waals surface area (Å²) in [6.45, 7) is 1.98. The summed E-state index contributed by atoms with van der Waals surface area (Å²) in [5.74, 6) is 0.557. The molecule has 6 heteroatoms. The van der Waals surface area contributed by atoms with Crippen LogP contribution in [0.15, 0.2) is 48.9 Å². The van der Waals surface area contributed by atoms with Crippen LogP contribution in [0.1, 0.15) is 18.4 Å². The van der Waals surface area contributed by atoms with Crippen LogP contribution < -0.4 is 10.1 Å². The van der Waals surface area contributed by atoms with Crippen molar-refractivity contribution < 1.29 is 9.53 Å². The Balaban J connectivity index is 1.44. The van der Waals surface area contributed by atoms with Gasteiger partial charge >= 0.3 is 6.03 Å². The van der Waals surface area contributed by atoms with Crippen LogP contribution in [0.3, 0.4) is 0 Å². The zero-order valence-electron chi connectivity index (χ0n) is 13.6. The number of nitrogens with one attached hydrogen (secondary N) is 1. The number of benzene rings is 1. The van der Waals surface area contributed by atoms with Gasteiger partial charge in [-0.3, -0.25) is 0 Å². The fourth-order valence-electron chi connectivity index (χ4n) is 2.81. The summed E-state index contributed by atoms with van der Waals surface area (Å²) in [6.07, 6.45) is 5.79. The van der Waals surface area contributed by atoms with Crippen LogP contribution in [0.5, 0.6) is 5.88 Å². The number of likely N-dealkylation sites (tertiary alicyclic amines) is 1. The molecule has 1 atom stereocenters. The Morgan fingerprint density at radius 1 is 1.29 bits per heavy atom. The molecule has 24 heavy (non-hydrogen) atoms. The Kier molecular flexibility index (Phi) is 5.61. The van der Waals surface area contributed by atoms with Crippen molar-refractivity contribution in [1.29, 1.82) is 0 Å². The predicted octanol–water partition coefficient (Wildman–Crippen LogP) is 2.27. The maximum Gasteiger partial charge on any atom is 0.317 e. The van der Waals surface area contributed by atoms with E-state index in [1.807, 2.05) is 23.1 Å². The molecule has 2 aromatic rings. The minimum absolute atomic E-state index is 0.0199. The molecule has 1 fully saturated rings. The van der Waals surface area contributed by atoms with E-state index in [2.05, 4.69) is 27.4 Å². The SMILES string of the molecule is O=C(NCCc1ccccc1)N1CCCC(Oc2ccncn2)C1. The number of hydrogen-bond donors (Lipinski definition) is 1. The number of amides is 2. The van der Waals surface area contributed by atoms with Gasteiger partial charge in [-0.25, -0.2) is 14.8 Å². The van der Waals surface area contributed by atoms with Gasteiger partial charge in [0.05, 0.1) is 6.54 Å². The summed E-state index contributed by atoms with van der Waals surface area (Å²) >= 11 is 0. The highest BCUT2D eigenvalue weighted by atomic mass is 16.5. The maximum atomic E-state index is 12.3. The number of aromatic nitrogens is 2. The molecule has 0 bridgehead atoms. The average Bonchev–Trinajstić information content (AvgIpc) is 2.64. The van der Waals surface area contributed by atoms with E-state index < -0.39 is 0 Å². The predicted molar refractivity (Wildman–Crippen MR) is 90.8 cm³/mol. The number of carbonyl (C=O) groups is 1. The molecule has 1 aliphatic rings. The van der Waals surface area contributed by atoms with Crippen molar-refractivity contribution in [2.24, 2.45) is 0 Å². The first-order valence-electron chi connectivity index (χ1n) is 8.30. The zero-order valence-corrected chi connectivity index (χ0v) is 13.6. The molecule has 126 valence electrons. The lowest BCUT2D eigenvalue weighted by atomic mass is 10.1. The van der Waals surface area contributed by atoms with Gasteiger partial charge in [-0.05, 0) is 24.8 Å². The van der Waals surface area contributed by atoms with E-state index in [0.717, 1.165) is 25.8 Å². The van der Waals surface area contributed by atoms with E-state index in [9.17, 15) is 4.79 Å². The number of nitrogens with zero attached hydrogens (tertiary/aromatic N) is 3. The smallest absolute Gasteiger partial charge is 0.317 e. The number of hydrogen-bond acceptors (Lipinski definition) is 4. The topological polar surface area (TPSA) is 67.4 Å². The highest BCUT2D eigenvalue weighted by Gasteiger charge is 2.24. The van der Waals surface area contributed by atoms with Crippen molar-refractivity contribution in [3.63, 3.8) is 0 Å². The Bertz CT molecular complexity index is 636. The molecule has 0 saturated carbocycles. The van der Waals surface area contributed by atoms with Crippen LogP contribution in [0, 0.1) is 0 Å². The molecule has 1 unspecified atom stereocenters. The van der Waals surface area contributed by atoms with Crippen molar-refractivity contribution >= 4 is 6.03 Å². The summed E-state index contributed by atoms with van der Waals surface area (Å²) in [7, 11) is 0. The second kappa shape index (κ2) is 8.29. The summed E-state index contributed by atoms with van der Waals surface area (Å²) < 4.78 is 5.84. The first-order chi connectivity index (χ1) is 11.8. The Morgan fingerprint density at radius 2 is 2.17 bits per heavy atom. The van der Waals surface area contributed by atoms with Gasteiger partial charge in [0.1, 0.15) is 12.4 Å². The molecule has 6 nitrogen and oxygen atoms in total. The monoisotopic (exact) mass is 326 g/mol. The van der Waals surface area contributed by atoms with E-state index in [1.165, 1.54) is 11.9 Å². The minimum Gasteiger partial charge on any atom is -0.472 e. The second-order valence-electron chi connectivity index (χ2n) is 5.84. The minimum atomic E-state index is -0.0260. The molecule has 1 aromatic carbocycles. The Hall–Kier alpha value is -2.63. The largest absolute Gasteiger partial charge is 0.472 e. The molecule has 1 aliphatic heterocycles. The molecule has 1 aromatic heterocycles. The first kappa shape index (κ1) is 16.2. The van der Waals surface area contributed by atoms with Gasteiger partial charge in [-0.2, -0.15) is 0 Å². The quantitative estimate of drug-likeness (QED) is 0.915. The van der Waals surface area contributed by atoms with Gasteiger partial charge in [0.25, 0.3) is 0 Å². The number of urea groups is 1. The van der Waals surface area contributed by atoms with Crippen molar-refractivity contribution in [1.82, 2.24) is 20.2 Å².